The lowest BCUT2D eigenvalue weighted by Crippen LogP contribution is -2.27. The molecule has 66 valence electrons. The van der Waals surface area contributed by atoms with Gasteiger partial charge in [-0.1, -0.05) is 23.7 Å². The van der Waals surface area contributed by atoms with E-state index in [-0.39, 0.29) is 6.17 Å². The normalized spacial score (nSPS) is 13.4. The topological polar surface area (TPSA) is 29.3 Å². The van der Waals surface area contributed by atoms with Gasteiger partial charge in [-0.25, -0.2) is 0 Å². The fourth-order valence-corrected chi connectivity index (χ4v) is 1.08. The maximum absolute atomic E-state index is 5.87. The van der Waals surface area contributed by atoms with Crippen LogP contribution in [-0.2, 0) is 0 Å². The summed E-state index contributed by atoms with van der Waals surface area (Å²) < 4.78 is 0. The number of halogens is 1. The number of hydrogen-bond acceptors (Lipinski definition) is 2. The van der Waals surface area contributed by atoms with Gasteiger partial charge in [0.1, 0.15) is 0 Å². The van der Waals surface area contributed by atoms with Gasteiger partial charge in [0.2, 0.25) is 0 Å². The molecule has 0 saturated carbocycles. The lowest BCUT2D eigenvalue weighted by Gasteiger charge is -2.19. The highest BCUT2D eigenvalue weighted by Crippen LogP contribution is 2.15. The molecule has 0 aromatic heterocycles. The van der Waals surface area contributed by atoms with Gasteiger partial charge in [-0.2, -0.15) is 0 Å². The number of nitrogens with zero attached hydrogens (tertiary/aromatic N) is 1. The molecule has 1 unspecified atom stereocenters. The Morgan fingerprint density at radius 3 is 2.17 bits per heavy atom. The summed E-state index contributed by atoms with van der Waals surface area (Å²) in [6.45, 7) is 0. The highest BCUT2D eigenvalue weighted by Gasteiger charge is 2.06. The molecular weight excluding hydrogens is 172 g/mol. The molecule has 0 spiro atoms. The molecule has 1 rings (SSSR count). The molecule has 0 aliphatic carbocycles. The molecule has 0 bridgehead atoms. The molecule has 0 saturated heterocycles. The Hall–Kier alpha value is -0.570. The van der Waals surface area contributed by atoms with E-state index in [0.717, 1.165) is 10.6 Å². The lowest BCUT2D eigenvalue weighted by molar-refractivity contribution is 0.307. The predicted octanol–water partition coefficient (Wildman–Crippen LogP) is 1.86. The van der Waals surface area contributed by atoms with Crippen molar-refractivity contribution < 1.29 is 0 Å². The Morgan fingerprint density at radius 1 is 1.25 bits per heavy atom. The smallest absolute Gasteiger partial charge is 0.0830 e. The number of nitrogens with two attached hydrogens (primary N) is 1. The number of rotatable bonds is 2. The molecule has 12 heavy (non-hydrogen) atoms. The molecule has 0 heterocycles. The van der Waals surface area contributed by atoms with E-state index in [1.54, 1.807) is 0 Å². The van der Waals surface area contributed by atoms with E-state index in [4.69, 9.17) is 17.3 Å². The third-order valence-electron chi connectivity index (χ3n) is 1.77. The summed E-state index contributed by atoms with van der Waals surface area (Å²) in [5.74, 6) is 0. The van der Waals surface area contributed by atoms with E-state index in [1.165, 1.54) is 0 Å². The van der Waals surface area contributed by atoms with Crippen molar-refractivity contribution in [2.45, 2.75) is 6.17 Å². The van der Waals surface area contributed by atoms with Gasteiger partial charge in [0.15, 0.2) is 0 Å². The highest BCUT2D eigenvalue weighted by atomic mass is 35.5. The van der Waals surface area contributed by atoms with Gasteiger partial charge in [0.25, 0.3) is 0 Å². The summed E-state index contributed by atoms with van der Waals surface area (Å²) in [5, 5.41) is 0.740. The fourth-order valence-electron chi connectivity index (χ4n) is 0.958. The molecule has 1 aromatic rings. The third-order valence-corrected chi connectivity index (χ3v) is 2.02. The van der Waals surface area contributed by atoms with Crippen molar-refractivity contribution in [3.05, 3.63) is 34.9 Å². The first-order valence-corrected chi connectivity index (χ1v) is 4.16. The van der Waals surface area contributed by atoms with Gasteiger partial charge in [-0.05, 0) is 31.8 Å². The second-order valence-corrected chi connectivity index (χ2v) is 3.40. The zero-order valence-electron chi connectivity index (χ0n) is 7.29. The first-order valence-electron chi connectivity index (χ1n) is 3.78. The standard InChI is InChI=1S/C9H13ClN2/c1-12(2)9(11)7-3-5-8(10)6-4-7/h3-6,9H,11H2,1-2H3. The van der Waals surface area contributed by atoms with Crippen LogP contribution >= 0.6 is 11.6 Å². The number of benzene rings is 1. The van der Waals surface area contributed by atoms with E-state index in [9.17, 15) is 0 Å². The molecule has 0 aliphatic heterocycles. The van der Waals surface area contributed by atoms with Gasteiger partial charge in [0, 0.05) is 5.02 Å². The van der Waals surface area contributed by atoms with Crippen molar-refractivity contribution in [1.82, 2.24) is 4.90 Å². The molecule has 0 radical (unpaired) electrons. The monoisotopic (exact) mass is 184 g/mol. The van der Waals surface area contributed by atoms with Crippen LogP contribution in [0.2, 0.25) is 5.02 Å². The van der Waals surface area contributed by atoms with E-state index < -0.39 is 0 Å². The van der Waals surface area contributed by atoms with Crippen LogP contribution in [-0.4, -0.2) is 19.0 Å². The first kappa shape index (κ1) is 9.52. The van der Waals surface area contributed by atoms with Crippen LogP contribution in [0.3, 0.4) is 0 Å². The predicted molar refractivity (Wildman–Crippen MR) is 52.1 cm³/mol. The van der Waals surface area contributed by atoms with Crippen LogP contribution in [0, 0.1) is 0 Å². The van der Waals surface area contributed by atoms with E-state index in [2.05, 4.69) is 0 Å². The van der Waals surface area contributed by atoms with Crippen LogP contribution in [0.25, 0.3) is 0 Å². The largest absolute Gasteiger partial charge is 0.312 e. The summed E-state index contributed by atoms with van der Waals surface area (Å²) >= 11 is 5.74. The van der Waals surface area contributed by atoms with Crippen molar-refractivity contribution in [3.8, 4) is 0 Å². The highest BCUT2D eigenvalue weighted by molar-refractivity contribution is 6.30. The minimum Gasteiger partial charge on any atom is -0.312 e. The third kappa shape index (κ3) is 2.21. The maximum atomic E-state index is 5.87. The Kier molecular flexibility index (Phi) is 3.09. The van der Waals surface area contributed by atoms with Gasteiger partial charge >= 0.3 is 0 Å². The van der Waals surface area contributed by atoms with Crippen LogP contribution in [0.5, 0.6) is 0 Å². The Labute approximate surface area is 77.9 Å². The van der Waals surface area contributed by atoms with Crippen LogP contribution in [0.1, 0.15) is 11.7 Å². The second kappa shape index (κ2) is 3.90. The summed E-state index contributed by atoms with van der Waals surface area (Å²) in [7, 11) is 3.89. The zero-order valence-corrected chi connectivity index (χ0v) is 8.05. The lowest BCUT2D eigenvalue weighted by atomic mass is 10.2. The average Bonchev–Trinajstić information content (AvgIpc) is 2.04. The molecule has 0 aliphatic rings. The van der Waals surface area contributed by atoms with Crippen LogP contribution in [0.4, 0.5) is 0 Å². The zero-order chi connectivity index (χ0) is 9.14. The summed E-state index contributed by atoms with van der Waals surface area (Å²) in [6.07, 6.45) is -0.0535. The maximum Gasteiger partial charge on any atom is 0.0830 e. The Morgan fingerprint density at radius 2 is 1.75 bits per heavy atom. The fraction of sp³-hybridized carbons (Fsp3) is 0.333. The molecule has 1 atom stereocenters. The van der Waals surface area contributed by atoms with Crippen LogP contribution < -0.4 is 5.73 Å². The molecule has 2 nitrogen and oxygen atoms in total. The quantitative estimate of drug-likeness (QED) is 0.711. The molecular formula is C9H13ClN2. The average molecular weight is 185 g/mol. The van der Waals surface area contributed by atoms with Crippen molar-refractivity contribution in [2.75, 3.05) is 14.1 Å². The molecule has 2 N–H and O–H groups in total. The SMILES string of the molecule is CN(C)C(N)c1ccc(Cl)cc1. The molecule has 3 heteroatoms. The van der Waals surface area contributed by atoms with Gasteiger partial charge < -0.3 is 5.73 Å². The Bertz CT molecular complexity index is 243. The summed E-state index contributed by atoms with van der Waals surface area (Å²) in [6, 6.07) is 7.57. The van der Waals surface area contributed by atoms with Gasteiger partial charge in [-0.15, -0.1) is 0 Å². The van der Waals surface area contributed by atoms with Gasteiger partial charge in [-0.3, -0.25) is 4.90 Å². The van der Waals surface area contributed by atoms with Crippen molar-refractivity contribution in [2.24, 2.45) is 5.73 Å². The van der Waals surface area contributed by atoms with Crippen molar-refractivity contribution in [3.63, 3.8) is 0 Å². The summed E-state index contributed by atoms with van der Waals surface area (Å²) in [4.78, 5) is 1.95. The Balaban J connectivity index is 2.82. The van der Waals surface area contributed by atoms with Crippen LogP contribution in [0.15, 0.2) is 24.3 Å². The van der Waals surface area contributed by atoms with Crippen molar-refractivity contribution in [1.29, 1.82) is 0 Å². The second-order valence-electron chi connectivity index (χ2n) is 2.96. The van der Waals surface area contributed by atoms with Gasteiger partial charge in [0.05, 0.1) is 6.17 Å². The van der Waals surface area contributed by atoms with Crippen molar-refractivity contribution >= 4 is 11.6 Å². The number of hydrogen-bond donors (Lipinski definition) is 1. The summed E-state index contributed by atoms with van der Waals surface area (Å²) in [5.41, 5.74) is 6.94. The van der Waals surface area contributed by atoms with E-state index in [0.29, 0.717) is 0 Å². The first-order chi connectivity index (χ1) is 5.61. The van der Waals surface area contributed by atoms with E-state index in [1.807, 2.05) is 43.3 Å². The molecule has 0 amide bonds. The minimum atomic E-state index is -0.0535. The molecule has 0 fully saturated rings. The minimum absolute atomic E-state index is 0.0535. The molecule has 1 aromatic carbocycles. The van der Waals surface area contributed by atoms with E-state index >= 15 is 0 Å².